The summed E-state index contributed by atoms with van der Waals surface area (Å²) in [6.07, 6.45) is 0. The van der Waals surface area contributed by atoms with E-state index >= 15 is 0 Å². The molecule has 1 fully saturated rings. The van der Waals surface area contributed by atoms with E-state index in [2.05, 4.69) is 5.32 Å². The zero-order valence-corrected chi connectivity index (χ0v) is 12.4. The number of nitrogens with zero attached hydrogens (tertiary/aromatic N) is 2. The Labute approximate surface area is 123 Å². The highest BCUT2D eigenvalue weighted by Crippen LogP contribution is 2.18. The van der Waals surface area contributed by atoms with Gasteiger partial charge in [-0.2, -0.15) is 0 Å². The first-order valence-corrected chi connectivity index (χ1v) is 6.91. The van der Waals surface area contributed by atoms with Crippen LogP contribution in [0, 0.1) is 0 Å². The minimum atomic E-state index is -0.380. The van der Waals surface area contributed by atoms with Crippen LogP contribution in [0.15, 0.2) is 24.3 Å². The molecule has 1 heterocycles. The summed E-state index contributed by atoms with van der Waals surface area (Å²) in [5, 5.41) is 3.31. The summed E-state index contributed by atoms with van der Waals surface area (Å²) < 4.78 is 0. The summed E-state index contributed by atoms with van der Waals surface area (Å²) in [6, 6.07) is 6.84. The van der Waals surface area contributed by atoms with Gasteiger partial charge in [-0.05, 0) is 25.6 Å². The van der Waals surface area contributed by atoms with Gasteiger partial charge in [0.05, 0.1) is 6.04 Å². The van der Waals surface area contributed by atoms with Crippen LogP contribution < -0.4 is 5.32 Å². The fourth-order valence-corrected chi connectivity index (χ4v) is 2.32. The van der Waals surface area contributed by atoms with Gasteiger partial charge in [0.2, 0.25) is 5.91 Å². The second-order valence-electron chi connectivity index (χ2n) is 4.90. The maximum Gasteiger partial charge on any atom is 0.324 e. The third kappa shape index (κ3) is 3.11. The molecular formula is C14H18ClN3O2. The SMILES string of the molecule is C[C@H](C(=O)N1CCNC1=O)N(C)Cc1ccccc1Cl. The molecule has 1 aliphatic rings. The van der Waals surface area contributed by atoms with Crippen LogP contribution in [0.4, 0.5) is 4.79 Å². The molecule has 0 unspecified atom stereocenters. The molecule has 2 rings (SSSR count). The Hall–Kier alpha value is -1.59. The first-order chi connectivity index (χ1) is 9.50. The molecule has 0 bridgehead atoms. The molecule has 5 nitrogen and oxygen atoms in total. The van der Waals surface area contributed by atoms with E-state index < -0.39 is 0 Å². The number of carbonyl (C=O) groups excluding carboxylic acids is 2. The Kier molecular flexibility index (Phi) is 4.62. The maximum absolute atomic E-state index is 12.3. The molecule has 1 aromatic rings. The maximum atomic E-state index is 12.3. The van der Waals surface area contributed by atoms with Crippen LogP contribution in [0.1, 0.15) is 12.5 Å². The zero-order valence-electron chi connectivity index (χ0n) is 11.6. The number of hydrogen-bond acceptors (Lipinski definition) is 3. The molecule has 0 radical (unpaired) electrons. The van der Waals surface area contributed by atoms with E-state index in [1.165, 1.54) is 4.90 Å². The van der Waals surface area contributed by atoms with Crippen LogP contribution in [0.2, 0.25) is 5.02 Å². The summed E-state index contributed by atoms with van der Waals surface area (Å²) in [6.45, 7) is 3.31. The first kappa shape index (κ1) is 14.8. The lowest BCUT2D eigenvalue weighted by Crippen LogP contribution is -2.46. The Morgan fingerprint density at radius 1 is 1.50 bits per heavy atom. The lowest BCUT2D eigenvalue weighted by molar-refractivity contribution is -0.132. The number of likely N-dealkylation sites (N-methyl/N-ethyl adjacent to an activating group) is 1. The summed E-state index contributed by atoms with van der Waals surface area (Å²) in [5.41, 5.74) is 0.960. The van der Waals surface area contributed by atoms with Crippen LogP contribution >= 0.6 is 11.6 Å². The number of imide groups is 1. The van der Waals surface area contributed by atoms with Gasteiger partial charge in [0, 0.05) is 24.7 Å². The van der Waals surface area contributed by atoms with Gasteiger partial charge in [-0.25, -0.2) is 4.79 Å². The van der Waals surface area contributed by atoms with Crippen molar-refractivity contribution in [2.24, 2.45) is 0 Å². The van der Waals surface area contributed by atoms with Crippen LogP contribution in [-0.2, 0) is 11.3 Å². The van der Waals surface area contributed by atoms with E-state index in [4.69, 9.17) is 11.6 Å². The molecule has 0 spiro atoms. The molecule has 1 saturated heterocycles. The van der Waals surface area contributed by atoms with Crippen LogP contribution in [0.5, 0.6) is 0 Å². The van der Waals surface area contributed by atoms with Gasteiger partial charge in [-0.15, -0.1) is 0 Å². The molecule has 0 saturated carbocycles. The van der Waals surface area contributed by atoms with Crippen molar-refractivity contribution in [3.63, 3.8) is 0 Å². The highest BCUT2D eigenvalue weighted by molar-refractivity contribution is 6.31. The third-order valence-electron chi connectivity index (χ3n) is 3.52. The van der Waals surface area contributed by atoms with Gasteiger partial charge < -0.3 is 5.32 Å². The molecule has 0 aliphatic carbocycles. The average Bonchev–Trinajstić information content (AvgIpc) is 2.86. The standard InChI is InChI=1S/C14H18ClN3O2/c1-10(13(19)18-8-7-16-14(18)20)17(2)9-11-5-3-4-6-12(11)15/h3-6,10H,7-9H2,1-2H3,(H,16,20)/t10-/m1/s1. The number of urea groups is 1. The van der Waals surface area contributed by atoms with Crippen molar-refractivity contribution >= 4 is 23.5 Å². The van der Waals surface area contributed by atoms with Crippen molar-refractivity contribution in [3.8, 4) is 0 Å². The van der Waals surface area contributed by atoms with Gasteiger partial charge in [-0.3, -0.25) is 14.6 Å². The second kappa shape index (κ2) is 6.24. The van der Waals surface area contributed by atoms with E-state index in [1.807, 2.05) is 36.2 Å². The summed E-state index contributed by atoms with van der Waals surface area (Å²) >= 11 is 6.12. The van der Waals surface area contributed by atoms with E-state index in [9.17, 15) is 9.59 Å². The molecule has 1 aromatic carbocycles. The van der Waals surface area contributed by atoms with Crippen LogP contribution in [-0.4, -0.2) is 47.9 Å². The van der Waals surface area contributed by atoms with Crippen molar-refractivity contribution in [2.75, 3.05) is 20.1 Å². The van der Waals surface area contributed by atoms with Crippen molar-refractivity contribution < 1.29 is 9.59 Å². The van der Waals surface area contributed by atoms with Crippen molar-refractivity contribution in [2.45, 2.75) is 19.5 Å². The number of amides is 3. The first-order valence-electron chi connectivity index (χ1n) is 6.53. The second-order valence-corrected chi connectivity index (χ2v) is 5.31. The van der Waals surface area contributed by atoms with E-state index in [0.717, 1.165) is 5.56 Å². The van der Waals surface area contributed by atoms with Gasteiger partial charge >= 0.3 is 6.03 Å². The minimum Gasteiger partial charge on any atom is -0.336 e. The number of rotatable bonds is 4. The van der Waals surface area contributed by atoms with Crippen molar-refractivity contribution in [1.29, 1.82) is 0 Å². The fourth-order valence-electron chi connectivity index (χ4n) is 2.13. The Morgan fingerprint density at radius 3 is 2.80 bits per heavy atom. The minimum absolute atomic E-state index is 0.186. The van der Waals surface area contributed by atoms with Crippen LogP contribution in [0.3, 0.4) is 0 Å². The number of benzene rings is 1. The Balaban J connectivity index is 2.01. The predicted molar refractivity (Wildman–Crippen MR) is 77.5 cm³/mol. The van der Waals surface area contributed by atoms with E-state index in [1.54, 1.807) is 6.92 Å². The highest BCUT2D eigenvalue weighted by atomic mass is 35.5. The highest BCUT2D eigenvalue weighted by Gasteiger charge is 2.31. The topological polar surface area (TPSA) is 52.7 Å². The molecule has 1 atom stereocenters. The summed E-state index contributed by atoms with van der Waals surface area (Å²) in [5.74, 6) is -0.186. The van der Waals surface area contributed by atoms with Gasteiger partial charge in [0.25, 0.3) is 0 Å². The van der Waals surface area contributed by atoms with Gasteiger partial charge in [-0.1, -0.05) is 29.8 Å². The molecule has 108 valence electrons. The Morgan fingerprint density at radius 2 is 2.20 bits per heavy atom. The summed E-state index contributed by atoms with van der Waals surface area (Å²) in [7, 11) is 1.85. The molecular weight excluding hydrogens is 278 g/mol. The van der Waals surface area contributed by atoms with Crippen LogP contribution in [0.25, 0.3) is 0 Å². The molecule has 1 aliphatic heterocycles. The van der Waals surface area contributed by atoms with Crippen molar-refractivity contribution in [3.05, 3.63) is 34.9 Å². The molecule has 3 amide bonds. The zero-order chi connectivity index (χ0) is 14.7. The average molecular weight is 296 g/mol. The molecule has 20 heavy (non-hydrogen) atoms. The smallest absolute Gasteiger partial charge is 0.324 e. The largest absolute Gasteiger partial charge is 0.336 e. The van der Waals surface area contributed by atoms with Gasteiger partial charge in [0.1, 0.15) is 0 Å². The molecule has 1 N–H and O–H groups in total. The lowest BCUT2D eigenvalue weighted by Gasteiger charge is -2.26. The van der Waals surface area contributed by atoms with Crippen molar-refractivity contribution in [1.82, 2.24) is 15.1 Å². The lowest BCUT2D eigenvalue weighted by atomic mass is 10.2. The number of nitrogens with one attached hydrogen (secondary N) is 1. The quantitative estimate of drug-likeness (QED) is 0.920. The number of hydrogen-bond donors (Lipinski definition) is 1. The fraction of sp³-hybridized carbons (Fsp3) is 0.429. The predicted octanol–water partition coefficient (Wildman–Crippen LogP) is 1.71. The molecule has 6 heteroatoms. The molecule has 0 aromatic heterocycles. The summed E-state index contributed by atoms with van der Waals surface area (Å²) in [4.78, 5) is 26.9. The van der Waals surface area contributed by atoms with E-state index in [0.29, 0.717) is 24.7 Å². The van der Waals surface area contributed by atoms with Gasteiger partial charge in [0.15, 0.2) is 0 Å². The third-order valence-corrected chi connectivity index (χ3v) is 3.89. The number of halogens is 1. The number of carbonyl (C=O) groups is 2. The monoisotopic (exact) mass is 295 g/mol. The normalized spacial score (nSPS) is 16.4. The Bertz CT molecular complexity index is 521. The van der Waals surface area contributed by atoms with E-state index in [-0.39, 0.29) is 18.0 Å².